The van der Waals surface area contributed by atoms with Crippen molar-refractivity contribution >= 4 is 28.8 Å². The van der Waals surface area contributed by atoms with Crippen molar-refractivity contribution in [3.8, 4) is 0 Å². The summed E-state index contributed by atoms with van der Waals surface area (Å²) in [5, 5.41) is 3.07. The molecule has 2 atom stereocenters. The Balaban J connectivity index is 2.08. The number of thiocarbonyl (C=S) groups is 1. The van der Waals surface area contributed by atoms with Crippen LogP contribution in [0.2, 0.25) is 0 Å². The minimum atomic E-state index is -0.0538. The number of benzene rings is 1. The van der Waals surface area contributed by atoms with E-state index in [9.17, 15) is 4.79 Å². The van der Waals surface area contributed by atoms with Gasteiger partial charge in [0.05, 0.1) is 4.99 Å². The van der Waals surface area contributed by atoms with Gasteiger partial charge in [0.1, 0.15) is 0 Å². The fraction of sp³-hybridized carbons (Fsp3) is 0.467. The van der Waals surface area contributed by atoms with Crippen LogP contribution in [-0.4, -0.2) is 31.0 Å². The summed E-state index contributed by atoms with van der Waals surface area (Å²) in [6.45, 7) is 0. The normalized spacial score (nSPS) is 21.5. The zero-order valence-electron chi connectivity index (χ0n) is 11.9. The van der Waals surface area contributed by atoms with Crippen molar-refractivity contribution < 1.29 is 4.79 Å². The van der Waals surface area contributed by atoms with Crippen LogP contribution in [-0.2, 0) is 0 Å². The molecule has 3 N–H and O–H groups in total. The van der Waals surface area contributed by atoms with E-state index in [1.165, 1.54) is 0 Å². The third kappa shape index (κ3) is 3.28. The fourth-order valence-corrected chi connectivity index (χ4v) is 2.93. The van der Waals surface area contributed by atoms with Crippen LogP contribution in [0, 0.1) is 5.92 Å². The van der Waals surface area contributed by atoms with E-state index in [0.29, 0.717) is 10.6 Å². The van der Waals surface area contributed by atoms with E-state index in [1.54, 1.807) is 0 Å². The van der Waals surface area contributed by atoms with E-state index in [4.69, 9.17) is 18.0 Å². The summed E-state index contributed by atoms with van der Waals surface area (Å²) in [7, 11) is 3.91. The Kier molecular flexibility index (Phi) is 4.60. The molecule has 1 amide bonds. The number of hydrogen-bond donors (Lipinski definition) is 2. The second-order valence-electron chi connectivity index (χ2n) is 5.46. The van der Waals surface area contributed by atoms with Gasteiger partial charge in [0.25, 0.3) is 5.91 Å². The maximum Gasteiger partial charge on any atom is 0.251 e. The quantitative estimate of drug-likeness (QED) is 0.832. The van der Waals surface area contributed by atoms with Gasteiger partial charge in [0.15, 0.2) is 0 Å². The highest BCUT2D eigenvalue weighted by Gasteiger charge is 2.30. The molecule has 4 nitrogen and oxygen atoms in total. The molecular weight excluding hydrogens is 270 g/mol. The van der Waals surface area contributed by atoms with Crippen LogP contribution in [0.1, 0.15) is 29.6 Å². The van der Waals surface area contributed by atoms with Crippen LogP contribution in [0.5, 0.6) is 0 Å². The number of rotatable bonds is 4. The van der Waals surface area contributed by atoms with Crippen molar-refractivity contribution in [2.75, 3.05) is 19.0 Å². The Hall–Kier alpha value is -1.62. The van der Waals surface area contributed by atoms with Crippen LogP contribution >= 0.6 is 12.2 Å². The number of nitrogens with two attached hydrogens (primary N) is 1. The molecule has 0 radical (unpaired) electrons. The lowest BCUT2D eigenvalue weighted by molar-refractivity contribution is 0.0934. The second kappa shape index (κ2) is 6.22. The van der Waals surface area contributed by atoms with Crippen molar-refractivity contribution in [1.29, 1.82) is 0 Å². The highest BCUT2D eigenvalue weighted by molar-refractivity contribution is 7.80. The molecule has 1 fully saturated rings. The number of hydrogen-bond acceptors (Lipinski definition) is 3. The Morgan fingerprint density at radius 1 is 1.40 bits per heavy atom. The number of anilines is 1. The predicted molar refractivity (Wildman–Crippen MR) is 86.1 cm³/mol. The molecule has 1 aliphatic carbocycles. The van der Waals surface area contributed by atoms with Crippen LogP contribution in [0.3, 0.4) is 0 Å². The molecule has 108 valence electrons. The molecule has 1 saturated carbocycles. The molecule has 2 unspecified atom stereocenters. The van der Waals surface area contributed by atoms with E-state index in [1.807, 2.05) is 43.3 Å². The highest BCUT2D eigenvalue weighted by Crippen LogP contribution is 2.26. The summed E-state index contributed by atoms with van der Waals surface area (Å²) >= 11 is 5.08. The van der Waals surface area contributed by atoms with Gasteiger partial charge in [-0.2, -0.15) is 0 Å². The van der Waals surface area contributed by atoms with Crippen molar-refractivity contribution in [2.45, 2.75) is 25.3 Å². The predicted octanol–water partition coefficient (Wildman–Crippen LogP) is 1.94. The maximum absolute atomic E-state index is 12.3. The Morgan fingerprint density at radius 3 is 2.80 bits per heavy atom. The van der Waals surface area contributed by atoms with Gasteiger partial charge < -0.3 is 16.0 Å². The molecule has 5 heteroatoms. The van der Waals surface area contributed by atoms with Gasteiger partial charge in [-0.25, -0.2) is 0 Å². The molecule has 0 bridgehead atoms. The lowest BCUT2D eigenvalue weighted by Crippen LogP contribution is -2.41. The molecule has 20 heavy (non-hydrogen) atoms. The third-order valence-corrected chi connectivity index (χ3v) is 4.13. The minimum Gasteiger partial charge on any atom is -0.393 e. The molecule has 0 aromatic heterocycles. The molecule has 1 aliphatic rings. The SMILES string of the molecule is CN(C)c1cccc(C(=O)NC2CCCC2C(N)=S)c1. The topological polar surface area (TPSA) is 58.4 Å². The zero-order chi connectivity index (χ0) is 14.7. The van der Waals surface area contributed by atoms with Crippen LogP contribution in [0.25, 0.3) is 0 Å². The zero-order valence-corrected chi connectivity index (χ0v) is 12.7. The molecule has 1 aromatic rings. The standard InChI is InChI=1S/C15H21N3OS/c1-18(2)11-6-3-5-10(9-11)15(19)17-13-8-4-7-12(13)14(16)20/h3,5-6,9,12-13H,4,7-8H2,1-2H3,(H2,16,20)(H,17,19). The Labute approximate surface area is 125 Å². The lowest BCUT2D eigenvalue weighted by atomic mass is 10.0. The first-order valence-electron chi connectivity index (χ1n) is 6.86. The van der Waals surface area contributed by atoms with Gasteiger partial charge in [-0.3, -0.25) is 4.79 Å². The van der Waals surface area contributed by atoms with E-state index in [-0.39, 0.29) is 17.9 Å². The smallest absolute Gasteiger partial charge is 0.251 e. The van der Waals surface area contributed by atoms with Crippen LogP contribution in [0.4, 0.5) is 5.69 Å². The van der Waals surface area contributed by atoms with Gasteiger partial charge >= 0.3 is 0 Å². The fourth-order valence-electron chi connectivity index (χ4n) is 2.65. The van der Waals surface area contributed by atoms with E-state index in [0.717, 1.165) is 24.9 Å². The summed E-state index contributed by atoms with van der Waals surface area (Å²) in [5.74, 6) is 0.0767. The Morgan fingerprint density at radius 2 is 2.15 bits per heavy atom. The summed E-state index contributed by atoms with van der Waals surface area (Å²) in [6.07, 6.45) is 2.98. The number of carbonyl (C=O) groups is 1. The molecule has 0 aliphatic heterocycles. The second-order valence-corrected chi connectivity index (χ2v) is 5.94. The van der Waals surface area contributed by atoms with Crippen LogP contribution in [0.15, 0.2) is 24.3 Å². The summed E-state index contributed by atoms with van der Waals surface area (Å²) in [4.78, 5) is 14.8. The van der Waals surface area contributed by atoms with Gasteiger partial charge in [-0.15, -0.1) is 0 Å². The van der Waals surface area contributed by atoms with Gasteiger partial charge in [-0.1, -0.05) is 24.7 Å². The average molecular weight is 291 g/mol. The summed E-state index contributed by atoms with van der Waals surface area (Å²) in [5.41, 5.74) is 7.42. The molecule has 1 aromatic carbocycles. The average Bonchev–Trinajstić information content (AvgIpc) is 2.87. The van der Waals surface area contributed by atoms with Gasteiger partial charge in [0, 0.05) is 37.3 Å². The Bertz CT molecular complexity index is 516. The van der Waals surface area contributed by atoms with E-state index in [2.05, 4.69) is 5.32 Å². The van der Waals surface area contributed by atoms with Crippen molar-refractivity contribution in [2.24, 2.45) is 11.7 Å². The maximum atomic E-state index is 12.3. The molecular formula is C15H21N3OS. The molecule has 0 saturated heterocycles. The van der Waals surface area contributed by atoms with Gasteiger partial charge in [0.2, 0.25) is 0 Å². The van der Waals surface area contributed by atoms with E-state index < -0.39 is 0 Å². The van der Waals surface area contributed by atoms with E-state index >= 15 is 0 Å². The van der Waals surface area contributed by atoms with Crippen molar-refractivity contribution in [3.05, 3.63) is 29.8 Å². The largest absolute Gasteiger partial charge is 0.393 e. The first-order valence-corrected chi connectivity index (χ1v) is 7.27. The van der Waals surface area contributed by atoms with Gasteiger partial charge in [-0.05, 0) is 31.0 Å². The molecule has 2 rings (SSSR count). The molecule has 0 heterocycles. The lowest BCUT2D eigenvalue weighted by Gasteiger charge is -2.20. The highest BCUT2D eigenvalue weighted by atomic mass is 32.1. The number of carbonyl (C=O) groups excluding carboxylic acids is 1. The molecule has 0 spiro atoms. The van der Waals surface area contributed by atoms with Crippen LogP contribution < -0.4 is 16.0 Å². The number of nitrogens with one attached hydrogen (secondary N) is 1. The summed E-state index contributed by atoms with van der Waals surface area (Å²) in [6, 6.07) is 7.66. The third-order valence-electron chi connectivity index (χ3n) is 3.82. The monoisotopic (exact) mass is 291 g/mol. The van der Waals surface area contributed by atoms with Crippen molar-refractivity contribution in [3.63, 3.8) is 0 Å². The first kappa shape index (κ1) is 14.8. The van der Waals surface area contributed by atoms with Crippen molar-refractivity contribution in [1.82, 2.24) is 5.32 Å². The number of amides is 1. The number of nitrogens with zero attached hydrogens (tertiary/aromatic N) is 1. The summed E-state index contributed by atoms with van der Waals surface area (Å²) < 4.78 is 0. The minimum absolute atomic E-state index is 0.0538. The first-order chi connectivity index (χ1) is 9.49.